The van der Waals surface area contributed by atoms with Gasteiger partial charge in [-0.3, -0.25) is 0 Å². The number of ether oxygens (including phenoxy) is 3. The van der Waals surface area contributed by atoms with Crippen LogP contribution in [-0.2, 0) is 14.2 Å². The lowest BCUT2D eigenvalue weighted by atomic mass is 9.73. The number of amidine groups is 1. The zero-order chi connectivity index (χ0) is 34.5. The van der Waals surface area contributed by atoms with Crippen molar-refractivity contribution in [3.8, 4) is 0 Å². The van der Waals surface area contributed by atoms with Gasteiger partial charge in [-0.2, -0.15) is 5.10 Å². The summed E-state index contributed by atoms with van der Waals surface area (Å²) in [6.07, 6.45) is 6.63. The Labute approximate surface area is 286 Å². The van der Waals surface area contributed by atoms with E-state index in [1.165, 1.54) is 0 Å². The molecule has 1 amide bonds. The topological polar surface area (TPSA) is 184 Å². The van der Waals surface area contributed by atoms with E-state index in [1.54, 1.807) is 0 Å². The summed E-state index contributed by atoms with van der Waals surface area (Å²) in [5, 5.41) is 11.9. The molecule has 3 aromatic heterocycles. The molecule has 4 aliphatic heterocycles. The SMILES string of the molecule is C[C@@H]1OCC2(CCN(c3cnc4c(N5CC[C@H](C)c6nc(/C(N)=N/N)ccc65)nn(C5CCCCO5)c4n3)CC2)[C@@H]1NC(=O)OC(C)(C)C. The summed E-state index contributed by atoms with van der Waals surface area (Å²) in [6.45, 7) is 13.3. The highest BCUT2D eigenvalue weighted by Gasteiger charge is 2.50. The second-order valence-electron chi connectivity index (χ2n) is 14.9. The van der Waals surface area contributed by atoms with E-state index in [9.17, 15) is 4.79 Å². The minimum absolute atomic E-state index is 0.102. The van der Waals surface area contributed by atoms with Crippen molar-refractivity contribution in [3.63, 3.8) is 0 Å². The third kappa shape index (κ3) is 6.33. The Kier molecular flexibility index (Phi) is 8.76. The smallest absolute Gasteiger partial charge is 0.407 e. The number of nitrogens with one attached hydrogen (secondary N) is 1. The van der Waals surface area contributed by atoms with Gasteiger partial charge in [-0.15, -0.1) is 5.10 Å². The molecule has 4 atom stereocenters. The van der Waals surface area contributed by atoms with Crippen molar-refractivity contribution >= 4 is 40.4 Å². The van der Waals surface area contributed by atoms with E-state index in [-0.39, 0.29) is 35.5 Å². The van der Waals surface area contributed by atoms with E-state index in [0.717, 1.165) is 86.7 Å². The van der Waals surface area contributed by atoms with Crippen LogP contribution in [0.2, 0.25) is 0 Å². The molecule has 264 valence electrons. The quantitative estimate of drug-likeness (QED) is 0.153. The second-order valence-corrected chi connectivity index (χ2v) is 14.9. The van der Waals surface area contributed by atoms with Gasteiger partial charge >= 0.3 is 6.09 Å². The van der Waals surface area contributed by atoms with Crippen LogP contribution in [0.5, 0.6) is 0 Å². The lowest BCUT2D eigenvalue weighted by Crippen LogP contribution is -2.55. The van der Waals surface area contributed by atoms with Crippen molar-refractivity contribution in [1.29, 1.82) is 0 Å². The van der Waals surface area contributed by atoms with Gasteiger partial charge in [0.05, 0.1) is 36.3 Å². The lowest BCUT2D eigenvalue weighted by molar-refractivity contribution is -0.0368. The van der Waals surface area contributed by atoms with Crippen LogP contribution in [0, 0.1) is 5.41 Å². The Balaban J connectivity index is 1.18. The number of fused-ring (bicyclic) bond motifs is 2. The normalized spacial score (nSPS) is 25.9. The summed E-state index contributed by atoms with van der Waals surface area (Å²) in [5.74, 6) is 7.40. The monoisotopic (exact) mass is 675 g/mol. The number of pyridine rings is 1. The van der Waals surface area contributed by atoms with Crippen molar-refractivity contribution < 1.29 is 19.0 Å². The average molecular weight is 676 g/mol. The number of hydrazone groups is 1. The maximum Gasteiger partial charge on any atom is 0.407 e. The molecule has 3 fully saturated rings. The van der Waals surface area contributed by atoms with Crippen LogP contribution < -0.4 is 26.7 Å². The third-order valence-electron chi connectivity index (χ3n) is 10.4. The predicted molar refractivity (Wildman–Crippen MR) is 186 cm³/mol. The summed E-state index contributed by atoms with van der Waals surface area (Å²) in [7, 11) is 0. The molecule has 5 N–H and O–H groups in total. The number of amides is 1. The number of nitrogens with two attached hydrogens (primary N) is 2. The zero-order valence-electron chi connectivity index (χ0n) is 29.2. The Morgan fingerprint density at radius 1 is 1.10 bits per heavy atom. The maximum absolute atomic E-state index is 12.8. The van der Waals surface area contributed by atoms with E-state index in [4.69, 9.17) is 45.8 Å². The molecule has 3 saturated heterocycles. The summed E-state index contributed by atoms with van der Waals surface area (Å²) < 4.78 is 19.9. The minimum Gasteiger partial charge on any atom is -0.444 e. The van der Waals surface area contributed by atoms with E-state index in [1.807, 2.05) is 50.7 Å². The van der Waals surface area contributed by atoms with Crippen LogP contribution in [0.15, 0.2) is 23.4 Å². The Bertz CT molecular complexity index is 1720. The van der Waals surface area contributed by atoms with Gasteiger partial charge in [-0.1, -0.05) is 6.92 Å². The molecule has 7 rings (SSSR count). The number of carbonyl (C=O) groups excluding carboxylic acids is 1. The van der Waals surface area contributed by atoms with Gasteiger partial charge in [0.25, 0.3) is 0 Å². The highest BCUT2D eigenvalue weighted by atomic mass is 16.6. The number of nitrogens with zero attached hydrogens (tertiary/aromatic N) is 8. The maximum atomic E-state index is 12.8. The number of hydrogen-bond donors (Lipinski definition) is 3. The van der Waals surface area contributed by atoms with Gasteiger partial charge in [-0.25, -0.2) is 24.4 Å². The van der Waals surface area contributed by atoms with Crippen LogP contribution in [0.3, 0.4) is 0 Å². The van der Waals surface area contributed by atoms with Crippen molar-refractivity contribution in [3.05, 3.63) is 29.7 Å². The van der Waals surface area contributed by atoms with Gasteiger partial charge in [-0.05, 0) is 78.4 Å². The van der Waals surface area contributed by atoms with E-state index < -0.39 is 11.7 Å². The third-order valence-corrected chi connectivity index (χ3v) is 10.4. The number of carbonyl (C=O) groups is 1. The lowest BCUT2D eigenvalue weighted by Gasteiger charge is -2.42. The number of alkyl carbamates (subject to hydrolysis) is 1. The molecule has 0 aromatic carbocycles. The van der Waals surface area contributed by atoms with Crippen molar-refractivity contribution in [2.75, 3.05) is 42.6 Å². The van der Waals surface area contributed by atoms with E-state index in [2.05, 4.69) is 27.1 Å². The molecular formula is C34H49N11O4. The van der Waals surface area contributed by atoms with Crippen molar-refractivity contribution in [2.45, 2.75) is 103 Å². The van der Waals surface area contributed by atoms with Crippen LogP contribution >= 0.6 is 0 Å². The number of anilines is 3. The Hall–Kier alpha value is -4.24. The molecule has 4 aliphatic rings. The van der Waals surface area contributed by atoms with Crippen LogP contribution in [0.4, 0.5) is 22.1 Å². The average Bonchev–Trinajstić information content (AvgIpc) is 3.61. The van der Waals surface area contributed by atoms with Gasteiger partial charge < -0.3 is 40.9 Å². The molecule has 0 bridgehead atoms. The first-order valence-corrected chi connectivity index (χ1v) is 17.5. The molecule has 0 aliphatic carbocycles. The summed E-state index contributed by atoms with van der Waals surface area (Å²) in [4.78, 5) is 32.3. The first-order valence-electron chi connectivity index (χ1n) is 17.5. The van der Waals surface area contributed by atoms with Crippen molar-refractivity contribution in [1.82, 2.24) is 30.0 Å². The Morgan fingerprint density at radius 2 is 1.90 bits per heavy atom. The number of hydrogen-bond acceptors (Lipinski definition) is 12. The molecule has 1 spiro atoms. The molecule has 15 nitrogen and oxygen atoms in total. The van der Waals surface area contributed by atoms with Crippen LogP contribution in [0.1, 0.15) is 96.7 Å². The van der Waals surface area contributed by atoms with Crippen molar-refractivity contribution in [2.24, 2.45) is 22.1 Å². The predicted octanol–water partition coefficient (Wildman–Crippen LogP) is 4.04. The second kappa shape index (κ2) is 12.9. The largest absolute Gasteiger partial charge is 0.444 e. The van der Waals surface area contributed by atoms with E-state index in [0.29, 0.717) is 24.6 Å². The molecule has 7 heterocycles. The molecule has 15 heteroatoms. The Morgan fingerprint density at radius 3 is 2.61 bits per heavy atom. The van der Waals surface area contributed by atoms with Crippen LogP contribution in [0.25, 0.3) is 11.2 Å². The summed E-state index contributed by atoms with van der Waals surface area (Å²) >= 11 is 0. The van der Waals surface area contributed by atoms with Gasteiger partial charge in [0.1, 0.15) is 17.1 Å². The van der Waals surface area contributed by atoms with E-state index >= 15 is 0 Å². The molecule has 0 saturated carbocycles. The van der Waals surface area contributed by atoms with Gasteiger partial charge in [0.2, 0.25) is 0 Å². The molecule has 0 radical (unpaired) electrons. The number of piperidine rings is 1. The number of rotatable bonds is 5. The molecule has 1 unspecified atom stereocenters. The standard InChI is InChI=1S/C34H49N11O4/c1-20-11-14-44(23-10-9-22(29(35)41-36)38-26(20)23)31-27-30(45(42-31)25-8-6-7-17-47-25)39-24(18-37-27)43-15-12-34(13-16-43)19-48-21(2)28(34)40-32(46)49-33(3,4)5/h9-10,18,20-21,25,28H,6-8,11-17,19,36H2,1-5H3,(H2,35,41)(H,40,46)/t20-,21-,25?,28+/m0/s1. The fourth-order valence-corrected chi connectivity index (χ4v) is 7.73. The van der Waals surface area contributed by atoms with Gasteiger partial charge in [0.15, 0.2) is 29.0 Å². The molecule has 49 heavy (non-hydrogen) atoms. The summed E-state index contributed by atoms with van der Waals surface area (Å²) in [5.41, 5.74) is 9.11. The first-order chi connectivity index (χ1) is 23.5. The highest BCUT2D eigenvalue weighted by molar-refractivity contribution is 5.96. The highest BCUT2D eigenvalue weighted by Crippen LogP contribution is 2.44. The molecule has 3 aromatic rings. The number of aromatic nitrogens is 5. The van der Waals surface area contributed by atoms with Crippen LogP contribution in [-0.4, -0.2) is 87.3 Å². The minimum atomic E-state index is -0.569. The zero-order valence-corrected chi connectivity index (χ0v) is 29.2. The fraction of sp³-hybridized carbons (Fsp3) is 0.647. The summed E-state index contributed by atoms with van der Waals surface area (Å²) in [6, 6.07) is 3.72. The fourth-order valence-electron chi connectivity index (χ4n) is 7.73. The first kappa shape index (κ1) is 33.3. The molecular weight excluding hydrogens is 626 g/mol. The van der Waals surface area contributed by atoms with Gasteiger partial charge in [0, 0.05) is 37.6 Å².